The smallest absolute Gasteiger partial charge is 0.122 e. The van der Waals surface area contributed by atoms with Gasteiger partial charge in [0.1, 0.15) is 5.75 Å². The highest BCUT2D eigenvalue weighted by Crippen LogP contribution is 2.25. The number of hydrogen-bond acceptors (Lipinski definition) is 2. The molecule has 0 bridgehead atoms. The van der Waals surface area contributed by atoms with E-state index in [0.29, 0.717) is 12.0 Å². The van der Waals surface area contributed by atoms with Gasteiger partial charge in [-0.3, -0.25) is 0 Å². The molecule has 0 saturated carbocycles. The Morgan fingerprint density at radius 2 is 1.94 bits per heavy atom. The maximum absolute atomic E-state index is 5.37. The van der Waals surface area contributed by atoms with E-state index >= 15 is 0 Å². The Kier molecular flexibility index (Phi) is 5.33. The van der Waals surface area contributed by atoms with E-state index in [9.17, 15) is 0 Å². The third-order valence-electron chi connectivity index (χ3n) is 3.05. The van der Waals surface area contributed by atoms with Crippen LogP contribution in [0, 0.1) is 0 Å². The van der Waals surface area contributed by atoms with Crippen molar-refractivity contribution >= 4 is 0 Å². The molecule has 0 radical (unpaired) electrons. The van der Waals surface area contributed by atoms with Crippen LogP contribution in [-0.4, -0.2) is 19.7 Å². The lowest BCUT2D eigenvalue weighted by Crippen LogP contribution is -2.29. The average Bonchev–Trinajstić information content (AvgIpc) is 2.35. The van der Waals surface area contributed by atoms with Gasteiger partial charge in [-0.1, -0.05) is 32.0 Å². The molecule has 0 aromatic heterocycles. The van der Waals surface area contributed by atoms with Gasteiger partial charge in [-0.25, -0.2) is 0 Å². The highest BCUT2D eigenvalue weighted by Gasteiger charge is 2.11. The molecule has 0 saturated heterocycles. The zero-order valence-electron chi connectivity index (χ0n) is 10.8. The molecule has 1 N–H and O–H groups in total. The van der Waals surface area contributed by atoms with Gasteiger partial charge in [0.05, 0.1) is 7.11 Å². The number of methoxy groups -OCH3 is 1. The van der Waals surface area contributed by atoms with Gasteiger partial charge < -0.3 is 10.1 Å². The molecule has 0 aliphatic rings. The molecule has 1 aromatic carbocycles. The molecular weight excluding hydrogens is 198 g/mol. The summed E-state index contributed by atoms with van der Waals surface area (Å²) >= 11 is 0. The van der Waals surface area contributed by atoms with Crippen LogP contribution in [0.4, 0.5) is 0 Å². The fourth-order valence-corrected chi connectivity index (χ4v) is 1.71. The Morgan fingerprint density at radius 3 is 2.56 bits per heavy atom. The van der Waals surface area contributed by atoms with E-state index in [1.54, 1.807) is 7.11 Å². The number of hydrogen-bond donors (Lipinski definition) is 1. The number of para-hydroxylation sites is 1. The summed E-state index contributed by atoms with van der Waals surface area (Å²) < 4.78 is 5.37. The van der Waals surface area contributed by atoms with E-state index in [4.69, 9.17) is 4.74 Å². The van der Waals surface area contributed by atoms with Gasteiger partial charge in [-0.05, 0) is 30.9 Å². The van der Waals surface area contributed by atoms with Gasteiger partial charge >= 0.3 is 0 Å². The Bertz CT molecular complexity index is 311. The molecule has 0 amide bonds. The molecule has 0 aliphatic heterocycles. The largest absolute Gasteiger partial charge is 0.496 e. The van der Waals surface area contributed by atoms with Crippen LogP contribution in [0.3, 0.4) is 0 Å². The first-order chi connectivity index (χ1) is 7.69. The lowest BCUT2D eigenvalue weighted by molar-refractivity contribution is 0.403. The number of benzene rings is 1. The van der Waals surface area contributed by atoms with Gasteiger partial charge in [0.2, 0.25) is 0 Å². The molecule has 0 aliphatic carbocycles. The maximum Gasteiger partial charge on any atom is 0.122 e. The lowest BCUT2D eigenvalue weighted by atomic mass is 9.99. The summed E-state index contributed by atoms with van der Waals surface area (Å²) in [6.45, 7) is 7.64. The van der Waals surface area contributed by atoms with E-state index in [1.807, 2.05) is 12.1 Å². The normalized spacial score (nSPS) is 14.5. The van der Waals surface area contributed by atoms with Crippen molar-refractivity contribution in [3.8, 4) is 5.75 Å². The third-order valence-corrected chi connectivity index (χ3v) is 3.05. The highest BCUT2D eigenvalue weighted by atomic mass is 16.5. The molecule has 0 spiro atoms. The van der Waals surface area contributed by atoms with E-state index < -0.39 is 0 Å². The van der Waals surface area contributed by atoms with Crippen LogP contribution in [0.2, 0.25) is 0 Å². The molecule has 0 heterocycles. The summed E-state index contributed by atoms with van der Waals surface area (Å²) in [6.07, 6.45) is 1.17. The van der Waals surface area contributed by atoms with Crippen LogP contribution in [0.1, 0.15) is 38.7 Å². The average molecular weight is 221 g/mol. The lowest BCUT2D eigenvalue weighted by Gasteiger charge is -2.18. The second-order valence-electron chi connectivity index (χ2n) is 4.36. The van der Waals surface area contributed by atoms with Crippen LogP contribution < -0.4 is 10.1 Å². The van der Waals surface area contributed by atoms with Crippen LogP contribution in [-0.2, 0) is 0 Å². The Labute approximate surface area is 99.0 Å². The summed E-state index contributed by atoms with van der Waals surface area (Å²) in [6, 6.07) is 8.82. The van der Waals surface area contributed by atoms with Crippen molar-refractivity contribution in [1.29, 1.82) is 0 Å². The minimum atomic E-state index is 0.477. The minimum Gasteiger partial charge on any atom is -0.496 e. The third kappa shape index (κ3) is 3.53. The van der Waals surface area contributed by atoms with Gasteiger partial charge in [-0.15, -0.1) is 0 Å². The predicted octanol–water partition coefficient (Wildman–Crippen LogP) is 3.19. The Morgan fingerprint density at radius 1 is 1.25 bits per heavy atom. The van der Waals surface area contributed by atoms with Crippen LogP contribution in [0.25, 0.3) is 0 Å². The number of rotatable bonds is 6. The first kappa shape index (κ1) is 13.0. The fourth-order valence-electron chi connectivity index (χ4n) is 1.71. The zero-order chi connectivity index (χ0) is 12.0. The topological polar surface area (TPSA) is 21.3 Å². The second-order valence-corrected chi connectivity index (χ2v) is 4.36. The summed E-state index contributed by atoms with van der Waals surface area (Å²) in [4.78, 5) is 0. The molecule has 2 heteroatoms. The molecule has 2 nitrogen and oxygen atoms in total. The van der Waals surface area contributed by atoms with Crippen molar-refractivity contribution in [2.45, 2.75) is 39.2 Å². The Hall–Kier alpha value is -1.02. The zero-order valence-corrected chi connectivity index (χ0v) is 10.8. The van der Waals surface area contributed by atoms with Crippen LogP contribution in [0.5, 0.6) is 5.75 Å². The van der Waals surface area contributed by atoms with Crippen LogP contribution >= 0.6 is 0 Å². The highest BCUT2D eigenvalue weighted by molar-refractivity contribution is 5.36. The monoisotopic (exact) mass is 221 g/mol. The number of ether oxygens (including phenoxy) is 1. The quantitative estimate of drug-likeness (QED) is 0.796. The first-order valence-electron chi connectivity index (χ1n) is 6.05. The van der Waals surface area contributed by atoms with E-state index in [0.717, 1.165) is 12.3 Å². The fraction of sp³-hybridized carbons (Fsp3) is 0.571. The van der Waals surface area contributed by atoms with Crippen molar-refractivity contribution in [2.75, 3.05) is 13.7 Å². The molecule has 1 rings (SSSR count). The molecule has 16 heavy (non-hydrogen) atoms. The van der Waals surface area contributed by atoms with Crippen molar-refractivity contribution in [2.24, 2.45) is 0 Å². The molecule has 1 aromatic rings. The molecule has 90 valence electrons. The molecule has 2 atom stereocenters. The van der Waals surface area contributed by atoms with Crippen molar-refractivity contribution in [3.05, 3.63) is 29.8 Å². The van der Waals surface area contributed by atoms with Gasteiger partial charge in [0, 0.05) is 12.6 Å². The standard InChI is InChI=1S/C14H23NO/c1-5-12(3)15-10-11(2)13-8-6-7-9-14(13)16-4/h6-9,11-12,15H,5,10H2,1-4H3. The Balaban J connectivity index is 2.61. The summed E-state index contributed by atoms with van der Waals surface area (Å²) in [5.74, 6) is 1.46. The van der Waals surface area contributed by atoms with Crippen molar-refractivity contribution in [3.63, 3.8) is 0 Å². The van der Waals surface area contributed by atoms with E-state index in [2.05, 4.69) is 38.2 Å². The van der Waals surface area contributed by atoms with Gasteiger partial charge in [0.25, 0.3) is 0 Å². The summed E-state index contributed by atoms with van der Waals surface area (Å²) in [5, 5.41) is 3.53. The SMILES string of the molecule is CCC(C)NCC(C)c1ccccc1OC. The van der Waals surface area contributed by atoms with Crippen molar-refractivity contribution in [1.82, 2.24) is 5.32 Å². The van der Waals surface area contributed by atoms with Gasteiger partial charge in [-0.2, -0.15) is 0 Å². The second kappa shape index (κ2) is 6.54. The summed E-state index contributed by atoms with van der Waals surface area (Å²) in [5.41, 5.74) is 1.28. The maximum atomic E-state index is 5.37. The summed E-state index contributed by atoms with van der Waals surface area (Å²) in [7, 11) is 1.73. The molecular formula is C14H23NO. The van der Waals surface area contributed by atoms with Crippen molar-refractivity contribution < 1.29 is 4.74 Å². The molecule has 2 unspecified atom stereocenters. The van der Waals surface area contributed by atoms with Gasteiger partial charge in [0.15, 0.2) is 0 Å². The van der Waals surface area contributed by atoms with E-state index in [1.165, 1.54) is 12.0 Å². The molecule has 0 fully saturated rings. The predicted molar refractivity (Wildman–Crippen MR) is 69.2 cm³/mol. The number of nitrogens with one attached hydrogen (secondary N) is 1. The van der Waals surface area contributed by atoms with Crippen LogP contribution in [0.15, 0.2) is 24.3 Å². The minimum absolute atomic E-state index is 0.477. The first-order valence-corrected chi connectivity index (χ1v) is 6.05. The van der Waals surface area contributed by atoms with E-state index in [-0.39, 0.29) is 0 Å².